The Morgan fingerprint density at radius 1 is 1.33 bits per heavy atom. The third-order valence-electron chi connectivity index (χ3n) is 2.53. The maximum Gasteiger partial charge on any atom is 0.282 e. The van der Waals surface area contributed by atoms with Gasteiger partial charge in [0, 0.05) is 18.3 Å². The molecule has 1 aromatic heterocycles. The number of hydrogen-bond acceptors (Lipinski definition) is 7. The van der Waals surface area contributed by atoms with Crippen LogP contribution < -0.4 is 5.56 Å². The third-order valence-corrected chi connectivity index (χ3v) is 2.53. The van der Waals surface area contributed by atoms with Crippen molar-refractivity contribution in [3.8, 4) is 0 Å². The number of H-pyrrole nitrogens is 1. The first kappa shape index (κ1) is 14.2. The molecule has 1 aromatic carbocycles. The summed E-state index contributed by atoms with van der Waals surface area (Å²) in [6, 6.07) is 5.60. The van der Waals surface area contributed by atoms with E-state index in [0.29, 0.717) is 11.4 Å². The molecule has 0 unspecified atom stereocenters. The Morgan fingerprint density at radius 2 is 2.00 bits per heavy atom. The quantitative estimate of drug-likeness (QED) is 0.398. The van der Waals surface area contributed by atoms with Gasteiger partial charge in [-0.2, -0.15) is 0 Å². The highest BCUT2D eigenvalue weighted by molar-refractivity contribution is 5.83. The molecule has 9 nitrogen and oxygen atoms in total. The Balaban J connectivity index is 2.35. The van der Waals surface area contributed by atoms with Crippen LogP contribution >= 0.6 is 0 Å². The van der Waals surface area contributed by atoms with Gasteiger partial charge in [-0.15, -0.1) is 4.91 Å². The third kappa shape index (κ3) is 3.21. The van der Waals surface area contributed by atoms with E-state index in [4.69, 9.17) is 0 Å². The lowest BCUT2D eigenvalue weighted by Gasteiger charge is -1.98. The Labute approximate surface area is 117 Å². The number of aliphatic imine (C=N–C) groups is 1. The molecule has 21 heavy (non-hydrogen) atoms. The summed E-state index contributed by atoms with van der Waals surface area (Å²) in [6.45, 7) is 1.54. The Bertz CT molecular complexity index is 779. The van der Waals surface area contributed by atoms with Crippen LogP contribution in [0.2, 0.25) is 0 Å². The summed E-state index contributed by atoms with van der Waals surface area (Å²) in [7, 11) is 0. The molecule has 2 rings (SSSR count). The zero-order chi connectivity index (χ0) is 15.4. The molecule has 0 saturated heterocycles. The fourth-order valence-corrected chi connectivity index (χ4v) is 1.55. The van der Waals surface area contributed by atoms with Crippen molar-refractivity contribution in [1.82, 2.24) is 9.97 Å². The molecule has 9 heteroatoms. The van der Waals surface area contributed by atoms with Crippen molar-refractivity contribution in [2.24, 2.45) is 10.2 Å². The molecular formula is C12H9N5O4. The van der Waals surface area contributed by atoms with Gasteiger partial charge in [0.1, 0.15) is 5.82 Å². The SMILES string of the molecule is Cc1nc(/N=C/c2ccc([N+](=O)[O-])cc2)c(N=O)c(=O)[nH]1. The summed E-state index contributed by atoms with van der Waals surface area (Å²) in [4.78, 5) is 42.3. The lowest BCUT2D eigenvalue weighted by Crippen LogP contribution is -2.08. The van der Waals surface area contributed by atoms with E-state index in [-0.39, 0.29) is 11.5 Å². The first-order valence-corrected chi connectivity index (χ1v) is 5.74. The van der Waals surface area contributed by atoms with Crippen molar-refractivity contribution in [2.75, 3.05) is 0 Å². The van der Waals surface area contributed by atoms with Crippen LogP contribution in [-0.4, -0.2) is 21.1 Å². The number of nitrogens with one attached hydrogen (secondary N) is 1. The molecular weight excluding hydrogens is 278 g/mol. The Kier molecular flexibility index (Phi) is 3.93. The normalized spacial score (nSPS) is 10.7. The van der Waals surface area contributed by atoms with E-state index in [2.05, 4.69) is 20.1 Å². The Morgan fingerprint density at radius 3 is 2.57 bits per heavy atom. The Hall–Kier alpha value is -3.23. The van der Waals surface area contributed by atoms with Crippen molar-refractivity contribution in [3.63, 3.8) is 0 Å². The van der Waals surface area contributed by atoms with Crippen molar-refractivity contribution in [1.29, 1.82) is 0 Å². The highest BCUT2D eigenvalue weighted by Crippen LogP contribution is 2.20. The van der Waals surface area contributed by atoms with E-state index in [1.165, 1.54) is 30.5 Å². The molecule has 1 N–H and O–H groups in total. The fraction of sp³-hybridized carbons (Fsp3) is 0.0833. The second-order valence-electron chi connectivity index (χ2n) is 4.02. The van der Waals surface area contributed by atoms with Gasteiger partial charge in [0.25, 0.3) is 11.2 Å². The largest absolute Gasteiger partial charge is 0.309 e. The second-order valence-corrected chi connectivity index (χ2v) is 4.02. The number of aromatic amines is 1. The zero-order valence-electron chi connectivity index (χ0n) is 10.8. The van der Waals surface area contributed by atoms with Gasteiger partial charge >= 0.3 is 0 Å². The van der Waals surface area contributed by atoms with Gasteiger partial charge in [0.05, 0.1) is 4.92 Å². The van der Waals surface area contributed by atoms with Crippen LogP contribution in [0.3, 0.4) is 0 Å². The van der Waals surface area contributed by atoms with Crippen LogP contribution in [0.15, 0.2) is 39.2 Å². The molecule has 0 aliphatic heterocycles. The van der Waals surface area contributed by atoms with Crippen LogP contribution in [0.4, 0.5) is 17.2 Å². The summed E-state index contributed by atoms with van der Waals surface area (Å²) >= 11 is 0. The molecule has 0 aliphatic rings. The van der Waals surface area contributed by atoms with Gasteiger partial charge < -0.3 is 4.98 Å². The highest BCUT2D eigenvalue weighted by Gasteiger charge is 2.09. The van der Waals surface area contributed by atoms with Gasteiger partial charge in [-0.3, -0.25) is 14.9 Å². The monoisotopic (exact) mass is 287 g/mol. The number of nitro benzene ring substituents is 1. The van der Waals surface area contributed by atoms with E-state index >= 15 is 0 Å². The number of rotatable bonds is 4. The lowest BCUT2D eigenvalue weighted by molar-refractivity contribution is -0.384. The molecule has 0 amide bonds. The molecule has 0 fully saturated rings. The number of non-ortho nitro benzene ring substituents is 1. The van der Waals surface area contributed by atoms with E-state index in [1.807, 2.05) is 0 Å². The maximum atomic E-state index is 11.5. The molecule has 0 bridgehead atoms. The predicted molar refractivity (Wildman–Crippen MR) is 75.4 cm³/mol. The van der Waals surface area contributed by atoms with Crippen molar-refractivity contribution in [2.45, 2.75) is 6.92 Å². The first-order chi connectivity index (χ1) is 10.0. The van der Waals surface area contributed by atoms with E-state index in [1.54, 1.807) is 6.92 Å². The van der Waals surface area contributed by atoms with E-state index in [0.717, 1.165) is 0 Å². The van der Waals surface area contributed by atoms with Gasteiger partial charge in [-0.05, 0) is 29.8 Å². The number of aromatic nitrogens is 2. The smallest absolute Gasteiger partial charge is 0.282 e. The average molecular weight is 287 g/mol. The van der Waals surface area contributed by atoms with Crippen LogP contribution in [0.25, 0.3) is 0 Å². The molecule has 0 spiro atoms. The summed E-state index contributed by atoms with van der Waals surface area (Å²) in [5, 5.41) is 13.1. The molecule has 0 atom stereocenters. The second kappa shape index (κ2) is 5.82. The maximum absolute atomic E-state index is 11.5. The predicted octanol–water partition coefficient (Wildman–Crippen LogP) is 2.14. The number of aryl methyl sites for hydroxylation is 1. The van der Waals surface area contributed by atoms with E-state index in [9.17, 15) is 19.8 Å². The molecule has 0 saturated carbocycles. The van der Waals surface area contributed by atoms with Crippen molar-refractivity contribution >= 4 is 23.4 Å². The van der Waals surface area contributed by atoms with Crippen molar-refractivity contribution in [3.05, 3.63) is 61.0 Å². The first-order valence-electron chi connectivity index (χ1n) is 5.74. The fourth-order valence-electron chi connectivity index (χ4n) is 1.55. The van der Waals surface area contributed by atoms with Gasteiger partial charge in [-0.1, -0.05) is 0 Å². The van der Waals surface area contributed by atoms with Crippen LogP contribution in [0.5, 0.6) is 0 Å². The average Bonchev–Trinajstić information content (AvgIpc) is 2.45. The van der Waals surface area contributed by atoms with Crippen LogP contribution in [0, 0.1) is 21.9 Å². The number of nitrogens with zero attached hydrogens (tertiary/aromatic N) is 4. The van der Waals surface area contributed by atoms with Gasteiger partial charge in [0.15, 0.2) is 5.82 Å². The molecule has 0 radical (unpaired) electrons. The summed E-state index contributed by atoms with van der Waals surface area (Å²) in [5.41, 5.74) is -0.586. The molecule has 1 heterocycles. The number of benzene rings is 1. The zero-order valence-corrected chi connectivity index (χ0v) is 10.8. The summed E-state index contributed by atoms with van der Waals surface area (Å²) in [6.07, 6.45) is 1.33. The number of nitroso groups, excluding NO2 is 1. The minimum absolute atomic E-state index is 0.0486. The topological polar surface area (TPSA) is 131 Å². The standard InChI is InChI=1S/C12H9N5O4/c1-7-14-11(10(16-19)12(18)15-7)13-6-8-2-4-9(5-3-8)17(20)21/h2-6H,1H3,(H,14,15,18)/b13-6+. The van der Waals surface area contributed by atoms with Crippen LogP contribution in [-0.2, 0) is 0 Å². The van der Waals surface area contributed by atoms with Gasteiger partial charge in [0.2, 0.25) is 5.69 Å². The number of nitro groups is 1. The molecule has 106 valence electrons. The number of hydrogen-bond donors (Lipinski definition) is 1. The summed E-state index contributed by atoms with van der Waals surface area (Å²) in [5.74, 6) is 0.188. The molecule has 0 aliphatic carbocycles. The minimum atomic E-state index is -0.673. The molecule has 2 aromatic rings. The van der Waals surface area contributed by atoms with Crippen molar-refractivity contribution < 1.29 is 4.92 Å². The van der Waals surface area contributed by atoms with Gasteiger partial charge in [-0.25, -0.2) is 9.98 Å². The van der Waals surface area contributed by atoms with E-state index < -0.39 is 16.2 Å². The summed E-state index contributed by atoms with van der Waals surface area (Å²) < 4.78 is 0. The lowest BCUT2D eigenvalue weighted by atomic mass is 10.2. The van der Waals surface area contributed by atoms with Crippen LogP contribution in [0.1, 0.15) is 11.4 Å². The minimum Gasteiger partial charge on any atom is -0.309 e. The highest BCUT2D eigenvalue weighted by atomic mass is 16.6.